The Balaban J connectivity index is 1.55. The number of hydrogen-bond acceptors (Lipinski definition) is 4. The third-order valence-corrected chi connectivity index (χ3v) is 7.74. The summed E-state index contributed by atoms with van der Waals surface area (Å²) in [4.78, 5) is 27.8. The zero-order valence-electron chi connectivity index (χ0n) is 17.4. The molecule has 4 rings (SSSR count). The largest absolute Gasteiger partial charge is 0.339 e. The number of rotatable bonds is 5. The second-order valence-electron chi connectivity index (χ2n) is 7.99. The number of para-hydroxylation sites is 1. The first kappa shape index (κ1) is 21.5. The summed E-state index contributed by atoms with van der Waals surface area (Å²) < 4.78 is 27.1. The van der Waals surface area contributed by atoms with E-state index in [2.05, 4.69) is 5.32 Å². The van der Waals surface area contributed by atoms with Gasteiger partial charge in [0.2, 0.25) is 10.0 Å². The van der Waals surface area contributed by atoms with Crippen LogP contribution in [0.5, 0.6) is 0 Å². The highest BCUT2D eigenvalue weighted by Crippen LogP contribution is 2.23. The first-order chi connectivity index (χ1) is 15.0. The highest BCUT2D eigenvalue weighted by Gasteiger charge is 2.28. The van der Waals surface area contributed by atoms with Crippen LogP contribution in [-0.2, 0) is 10.0 Å². The lowest BCUT2D eigenvalue weighted by atomic mass is 10.1. The average molecular weight is 442 g/mol. The number of carbonyl (C=O) groups excluding carboxylic acids is 2. The summed E-state index contributed by atoms with van der Waals surface area (Å²) >= 11 is 0. The van der Waals surface area contributed by atoms with Crippen LogP contribution in [0.4, 0.5) is 5.69 Å². The van der Waals surface area contributed by atoms with Crippen molar-refractivity contribution in [2.45, 2.75) is 37.0 Å². The normalized spacial score (nSPS) is 17.5. The molecule has 2 heterocycles. The van der Waals surface area contributed by atoms with E-state index in [-0.39, 0.29) is 16.4 Å². The highest BCUT2D eigenvalue weighted by molar-refractivity contribution is 7.89. The van der Waals surface area contributed by atoms with Crippen molar-refractivity contribution in [3.63, 3.8) is 0 Å². The van der Waals surface area contributed by atoms with E-state index in [0.717, 1.165) is 45.2 Å². The molecule has 2 aliphatic rings. The van der Waals surface area contributed by atoms with Crippen LogP contribution in [0.25, 0.3) is 0 Å². The first-order valence-corrected chi connectivity index (χ1v) is 12.2. The Kier molecular flexibility index (Phi) is 6.38. The smallest absolute Gasteiger partial charge is 0.255 e. The summed E-state index contributed by atoms with van der Waals surface area (Å²) in [7, 11) is -3.61. The average Bonchev–Trinajstić information content (AvgIpc) is 3.36. The molecule has 0 bridgehead atoms. The molecule has 0 unspecified atom stereocenters. The van der Waals surface area contributed by atoms with Gasteiger partial charge in [0.15, 0.2) is 0 Å². The van der Waals surface area contributed by atoms with Gasteiger partial charge in [-0.2, -0.15) is 4.31 Å². The van der Waals surface area contributed by atoms with Gasteiger partial charge in [-0.05, 0) is 62.4 Å². The van der Waals surface area contributed by atoms with E-state index in [1.165, 1.54) is 16.4 Å². The predicted molar refractivity (Wildman–Crippen MR) is 119 cm³/mol. The van der Waals surface area contributed by atoms with Gasteiger partial charge in [-0.25, -0.2) is 8.42 Å². The molecule has 0 aliphatic carbocycles. The molecule has 1 N–H and O–H groups in total. The maximum Gasteiger partial charge on any atom is 0.255 e. The first-order valence-electron chi connectivity index (χ1n) is 10.8. The number of hydrogen-bond donors (Lipinski definition) is 1. The zero-order chi connectivity index (χ0) is 21.8. The van der Waals surface area contributed by atoms with Crippen LogP contribution in [0.3, 0.4) is 0 Å². The van der Waals surface area contributed by atoms with Crippen LogP contribution in [0.15, 0.2) is 53.4 Å². The molecule has 2 fully saturated rings. The quantitative estimate of drug-likeness (QED) is 0.771. The van der Waals surface area contributed by atoms with Gasteiger partial charge in [0.25, 0.3) is 11.8 Å². The second kappa shape index (κ2) is 9.20. The molecule has 8 heteroatoms. The summed E-state index contributed by atoms with van der Waals surface area (Å²) in [6.07, 6.45) is 4.79. The number of sulfonamides is 1. The van der Waals surface area contributed by atoms with Gasteiger partial charge in [-0.1, -0.05) is 18.2 Å². The molecule has 2 aliphatic heterocycles. The number of amides is 2. The Morgan fingerprint density at radius 2 is 1.48 bits per heavy atom. The van der Waals surface area contributed by atoms with Gasteiger partial charge in [0, 0.05) is 31.7 Å². The van der Waals surface area contributed by atoms with Gasteiger partial charge >= 0.3 is 0 Å². The number of anilines is 1. The lowest BCUT2D eigenvalue weighted by Gasteiger charge is -2.27. The molecule has 2 aromatic carbocycles. The van der Waals surface area contributed by atoms with E-state index in [0.29, 0.717) is 24.3 Å². The molecule has 7 nitrogen and oxygen atoms in total. The fourth-order valence-electron chi connectivity index (χ4n) is 4.12. The summed E-state index contributed by atoms with van der Waals surface area (Å²) in [5, 5.41) is 2.80. The van der Waals surface area contributed by atoms with Gasteiger partial charge in [0.05, 0.1) is 16.1 Å². The van der Waals surface area contributed by atoms with Crippen LogP contribution in [0.1, 0.15) is 52.8 Å². The molecular formula is C23H27N3O4S. The van der Waals surface area contributed by atoms with Gasteiger partial charge in [-0.15, -0.1) is 0 Å². The Labute approximate surface area is 183 Å². The van der Waals surface area contributed by atoms with Gasteiger partial charge in [0.1, 0.15) is 0 Å². The van der Waals surface area contributed by atoms with Crippen LogP contribution in [0, 0.1) is 0 Å². The van der Waals surface area contributed by atoms with Crippen LogP contribution in [-0.4, -0.2) is 55.6 Å². The molecule has 2 aromatic rings. The lowest BCUT2D eigenvalue weighted by Crippen LogP contribution is -2.36. The Hall–Kier alpha value is -2.71. The van der Waals surface area contributed by atoms with Crippen LogP contribution in [0.2, 0.25) is 0 Å². The molecule has 0 saturated carbocycles. The maximum atomic E-state index is 13.0. The van der Waals surface area contributed by atoms with Crippen molar-refractivity contribution < 1.29 is 18.0 Å². The standard InChI is InChI=1S/C23H27N3O4S/c27-22(18-9-8-10-19(17-18)31(29,30)26-15-6-7-16-26)24-21-12-3-2-11-20(21)23(28)25-13-4-1-5-14-25/h2-3,8-12,17H,1,4-7,13-16H2,(H,24,27). The Morgan fingerprint density at radius 3 is 2.23 bits per heavy atom. The van der Waals surface area contributed by atoms with E-state index in [1.54, 1.807) is 36.4 Å². The molecule has 0 atom stereocenters. The van der Waals surface area contributed by atoms with Crippen molar-refractivity contribution in [1.29, 1.82) is 0 Å². The molecule has 31 heavy (non-hydrogen) atoms. The van der Waals surface area contributed by atoms with Crippen molar-refractivity contribution in [3.8, 4) is 0 Å². The monoisotopic (exact) mass is 441 g/mol. The second-order valence-corrected chi connectivity index (χ2v) is 9.93. The number of nitrogens with one attached hydrogen (secondary N) is 1. The molecule has 2 saturated heterocycles. The third-order valence-electron chi connectivity index (χ3n) is 5.85. The number of likely N-dealkylation sites (tertiary alicyclic amines) is 1. The SMILES string of the molecule is O=C(Nc1ccccc1C(=O)N1CCCCC1)c1cccc(S(=O)(=O)N2CCCC2)c1. The Bertz CT molecular complexity index is 1070. The predicted octanol–water partition coefficient (Wildman–Crippen LogP) is 3.35. The molecule has 164 valence electrons. The van der Waals surface area contributed by atoms with Gasteiger partial charge < -0.3 is 10.2 Å². The van der Waals surface area contributed by atoms with Crippen molar-refractivity contribution in [2.75, 3.05) is 31.5 Å². The summed E-state index contributed by atoms with van der Waals surface area (Å²) in [6, 6.07) is 13.0. The van der Waals surface area contributed by atoms with Crippen molar-refractivity contribution in [3.05, 3.63) is 59.7 Å². The maximum absolute atomic E-state index is 13.0. The van der Waals surface area contributed by atoms with Crippen LogP contribution < -0.4 is 5.32 Å². The Morgan fingerprint density at radius 1 is 0.806 bits per heavy atom. The van der Waals surface area contributed by atoms with E-state index in [1.807, 2.05) is 4.90 Å². The molecule has 2 amide bonds. The number of piperidine rings is 1. The van der Waals surface area contributed by atoms with E-state index < -0.39 is 15.9 Å². The minimum Gasteiger partial charge on any atom is -0.339 e. The zero-order valence-corrected chi connectivity index (χ0v) is 18.2. The van der Waals surface area contributed by atoms with E-state index >= 15 is 0 Å². The van der Waals surface area contributed by atoms with Crippen molar-refractivity contribution in [2.24, 2.45) is 0 Å². The number of carbonyl (C=O) groups is 2. The minimum absolute atomic E-state index is 0.0963. The van der Waals surface area contributed by atoms with E-state index in [4.69, 9.17) is 0 Å². The summed E-state index contributed by atoms with van der Waals surface area (Å²) in [5.74, 6) is -0.543. The summed E-state index contributed by atoms with van der Waals surface area (Å²) in [6.45, 7) is 2.45. The lowest BCUT2D eigenvalue weighted by molar-refractivity contribution is 0.0725. The van der Waals surface area contributed by atoms with Crippen molar-refractivity contribution in [1.82, 2.24) is 9.21 Å². The number of benzene rings is 2. The topological polar surface area (TPSA) is 86.8 Å². The molecule has 0 spiro atoms. The third kappa shape index (κ3) is 4.65. The fraction of sp³-hybridized carbons (Fsp3) is 0.391. The van der Waals surface area contributed by atoms with Crippen LogP contribution >= 0.6 is 0 Å². The molecule has 0 radical (unpaired) electrons. The van der Waals surface area contributed by atoms with Crippen molar-refractivity contribution >= 4 is 27.5 Å². The molecular weight excluding hydrogens is 414 g/mol. The summed E-state index contributed by atoms with van der Waals surface area (Å²) in [5.41, 5.74) is 1.11. The number of nitrogens with zero attached hydrogens (tertiary/aromatic N) is 2. The molecule has 0 aromatic heterocycles. The highest BCUT2D eigenvalue weighted by atomic mass is 32.2. The minimum atomic E-state index is -3.61. The van der Waals surface area contributed by atoms with E-state index in [9.17, 15) is 18.0 Å². The van der Waals surface area contributed by atoms with Gasteiger partial charge in [-0.3, -0.25) is 9.59 Å². The fourth-order valence-corrected chi connectivity index (χ4v) is 5.68.